The molecule has 2 amide bonds. The van der Waals surface area contributed by atoms with Crippen molar-refractivity contribution in [2.24, 2.45) is 5.73 Å². The van der Waals surface area contributed by atoms with Crippen molar-refractivity contribution in [3.05, 3.63) is 29.8 Å². The second-order valence-corrected chi connectivity index (χ2v) is 5.42. The monoisotopic (exact) mass is 291 g/mol. The number of nitrogens with one attached hydrogen (secondary N) is 1. The predicted octanol–water partition coefficient (Wildman–Crippen LogP) is 0.110. The lowest BCUT2D eigenvalue weighted by Gasteiger charge is -2.19. The average molecular weight is 291 g/mol. The minimum atomic E-state index is -1.51. The fourth-order valence-corrected chi connectivity index (χ4v) is 2.55. The van der Waals surface area contributed by atoms with Crippen molar-refractivity contribution in [2.75, 3.05) is 25.0 Å². The van der Waals surface area contributed by atoms with Gasteiger partial charge in [0, 0.05) is 18.8 Å². The van der Waals surface area contributed by atoms with Gasteiger partial charge in [0.1, 0.15) is 0 Å². The molecule has 1 aliphatic rings. The fraction of sp³-hybridized carbons (Fsp3) is 0.467. The number of nitrogens with zero attached hydrogens (tertiary/aromatic N) is 1. The van der Waals surface area contributed by atoms with Crippen molar-refractivity contribution >= 4 is 17.5 Å². The molecule has 1 aromatic rings. The Labute approximate surface area is 123 Å². The highest BCUT2D eigenvalue weighted by atomic mass is 16.3. The molecule has 1 heterocycles. The number of aryl methyl sites for hydroxylation is 1. The normalized spacial score (nSPS) is 22.2. The molecule has 114 valence electrons. The van der Waals surface area contributed by atoms with E-state index in [2.05, 4.69) is 5.32 Å². The van der Waals surface area contributed by atoms with E-state index < -0.39 is 11.5 Å². The topological polar surface area (TPSA) is 95.7 Å². The van der Waals surface area contributed by atoms with Crippen LogP contribution in [0.1, 0.15) is 18.9 Å². The Bertz CT molecular complexity index is 547. The van der Waals surface area contributed by atoms with Crippen molar-refractivity contribution in [3.8, 4) is 0 Å². The largest absolute Gasteiger partial charge is 0.379 e. The number of β-amino-alcohol motifs (C(OH)–C–C–N with tert-alkyl or cyclic N) is 1. The van der Waals surface area contributed by atoms with Crippen molar-refractivity contribution in [1.29, 1.82) is 0 Å². The summed E-state index contributed by atoms with van der Waals surface area (Å²) in [6.07, 6.45) is 1.10. The first kappa shape index (κ1) is 15.5. The third-order valence-corrected chi connectivity index (χ3v) is 3.83. The first-order valence-electron chi connectivity index (χ1n) is 7.07. The Morgan fingerprint density at radius 3 is 2.76 bits per heavy atom. The van der Waals surface area contributed by atoms with Gasteiger partial charge in [-0.1, -0.05) is 25.1 Å². The Hall–Kier alpha value is -1.92. The summed E-state index contributed by atoms with van der Waals surface area (Å²) < 4.78 is 0. The van der Waals surface area contributed by atoms with Crippen molar-refractivity contribution < 1.29 is 14.7 Å². The summed E-state index contributed by atoms with van der Waals surface area (Å²) in [5.41, 5.74) is 5.53. The zero-order valence-electron chi connectivity index (χ0n) is 12.1. The number of aliphatic hydroxyl groups is 1. The summed E-state index contributed by atoms with van der Waals surface area (Å²) in [5.74, 6) is -0.897. The predicted molar refractivity (Wildman–Crippen MR) is 79.7 cm³/mol. The number of benzene rings is 1. The van der Waals surface area contributed by atoms with E-state index in [0.29, 0.717) is 6.54 Å². The maximum Gasteiger partial charge on any atom is 0.250 e. The Kier molecular flexibility index (Phi) is 4.59. The molecule has 1 aromatic carbocycles. The summed E-state index contributed by atoms with van der Waals surface area (Å²) in [6.45, 7) is 2.74. The number of amides is 2. The van der Waals surface area contributed by atoms with Gasteiger partial charge in [-0.25, -0.2) is 0 Å². The van der Waals surface area contributed by atoms with Gasteiger partial charge in [0.2, 0.25) is 5.91 Å². The second-order valence-electron chi connectivity index (χ2n) is 5.42. The quantitative estimate of drug-likeness (QED) is 0.717. The highest BCUT2D eigenvalue weighted by Gasteiger charge is 2.41. The molecular formula is C15H21N3O3. The maximum absolute atomic E-state index is 12.1. The van der Waals surface area contributed by atoms with E-state index in [4.69, 9.17) is 5.73 Å². The van der Waals surface area contributed by atoms with E-state index in [0.717, 1.165) is 17.7 Å². The summed E-state index contributed by atoms with van der Waals surface area (Å²) in [5, 5.41) is 12.8. The first-order chi connectivity index (χ1) is 9.94. The van der Waals surface area contributed by atoms with E-state index in [1.165, 1.54) is 0 Å². The lowest BCUT2D eigenvalue weighted by Crippen LogP contribution is -2.46. The minimum Gasteiger partial charge on any atom is -0.379 e. The third kappa shape index (κ3) is 3.59. The molecule has 1 fully saturated rings. The number of likely N-dealkylation sites (tertiary alicyclic amines) is 1. The average Bonchev–Trinajstić information content (AvgIpc) is 2.82. The lowest BCUT2D eigenvalue weighted by molar-refractivity contribution is -0.135. The van der Waals surface area contributed by atoms with Gasteiger partial charge in [-0.3, -0.25) is 14.5 Å². The number of carbonyl (C=O) groups excluding carboxylic acids is 2. The van der Waals surface area contributed by atoms with Gasteiger partial charge in [-0.05, 0) is 24.5 Å². The summed E-state index contributed by atoms with van der Waals surface area (Å²) in [4.78, 5) is 25.0. The molecular weight excluding hydrogens is 270 g/mol. The van der Waals surface area contributed by atoms with Crippen LogP contribution in [0, 0.1) is 0 Å². The van der Waals surface area contributed by atoms with Crippen molar-refractivity contribution in [2.45, 2.75) is 25.4 Å². The van der Waals surface area contributed by atoms with Crippen LogP contribution in [-0.2, 0) is 16.0 Å². The molecule has 0 saturated carbocycles. The molecule has 0 spiro atoms. The lowest BCUT2D eigenvalue weighted by atomic mass is 10.0. The van der Waals surface area contributed by atoms with E-state index in [-0.39, 0.29) is 25.4 Å². The highest BCUT2D eigenvalue weighted by Crippen LogP contribution is 2.21. The number of anilines is 1. The second kappa shape index (κ2) is 6.24. The molecule has 1 atom stereocenters. The fourth-order valence-electron chi connectivity index (χ4n) is 2.55. The molecule has 4 N–H and O–H groups in total. The van der Waals surface area contributed by atoms with Crippen LogP contribution in [0.25, 0.3) is 0 Å². The van der Waals surface area contributed by atoms with Crippen LogP contribution in [0.5, 0.6) is 0 Å². The molecule has 0 aromatic heterocycles. The molecule has 1 aliphatic heterocycles. The standard InChI is InChI=1S/C15H21N3O3/c1-2-11-5-3-4-6-12(11)17-13(19)9-18-8-7-15(21,10-18)14(16)20/h3-6,21H,2,7-10H2,1H3,(H2,16,20)(H,17,19). The molecule has 1 saturated heterocycles. The van der Waals surface area contributed by atoms with Crippen molar-refractivity contribution in [1.82, 2.24) is 4.90 Å². The minimum absolute atomic E-state index is 0.102. The molecule has 0 bridgehead atoms. The Balaban J connectivity index is 1.93. The SMILES string of the molecule is CCc1ccccc1NC(=O)CN1CCC(O)(C(N)=O)C1. The summed E-state index contributed by atoms with van der Waals surface area (Å²) in [7, 11) is 0. The van der Waals surface area contributed by atoms with E-state index >= 15 is 0 Å². The summed E-state index contributed by atoms with van der Waals surface area (Å²) in [6, 6.07) is 7.64. The number of nitrogens with two attached hydrogens (primary N) is 1. The van der Waals surface area contributed by atoms with Crippen LogP contribution in [0.15, 0.2) is 24.3 Å². The van der Waals surface area contributed by atoms with Gasteiger partial charge in [0.25, 0.3) is 5.91 Å². The molecule has 2 rings (SSSR count). The van der Waals surface area contributed by atoms with Gasteiger partial charge < -0.3 is 16.2 Å². The number of para-hydroxylation sites is 1. The zero-order chi connectivity index (χ0) is 15.5. The van der Waals surface area contributed by atoms with Gasteiger partial charge >= 0.3 is 0 Å². The van der Waals surface area contributed by atoms with Crippen LogP contribution < -0.4 is 11.1 Å². The molecule has 6 heteroatoms. The summed E-state index contributed by atoms with van der Waals surface area (Å²) >= 11 is 0. The van der Waals surface area contributed by atoms with Gasteiger partial charge in [0.15, 0.2) is 5.60 Å². The van der Waals surface area contributed by atoms with Crippen LogP contribution >= 0.6 is 0 Å². The van der Waals surface area contributed by atoms with Gasteiger partial charge in [-0.15, -0.1) is 0 Å². The van der Waals surface area contributed by atoms with Gasteiger partial charge in [0.05, 0.1) is 6.54 Å². The smallest absolute Gasteiger partial charge is 0.250 e. The molecule has 1 unspecified atom stereocenters. The number of primary amides is 1. The number of rotatable bonds is 5. The van der Waals surface area contributed by atoms with Crippen LogP contribution in [0.3, 0.4) is 0 Å². The van der Waals surface area contributed by atoms with Crippen LogP contribution in [0.4, 0.5) is 5.69 Å². The molecule has 21 heavy (non-hydrogen) atoms. The Morgan fingerprint density at radius 1 is 1.43 bits per heavy atom. The van der Waals surface area contributed by atoms with E-state index in [1.807, 2.05) is 31.2 Å². The van der Waals surface area contributed by atoms with Crippen LogP contribution in [0.2, 0.25) is 0 Å². The molecule has 6 nitrogen and oxygen atoms in total. The molecule has 0 aliphatic carbocycles. The number of hydrogen-bond donors (Lipinski definition) is 3. The highest BCUT2D eigenvalue weighted by molar-refractivity contribution is 5.93. The third-order valence-electron chi connectivity index (χ3n) is 3.83. The zero-order valence-corrected chi connectivity index (χ0v) is 12.1. The van der Waals surface area contributed by atoms with Gasteiger partial charge in [-0.2, -0.15) is 0 Å². The Morgan fingerprint density at radius 2 is 2.14 bits per heavy atom. The van der Waals surface area contributed by atoms with E-state index in [9.17, 15) is 14.7 Å². The number of carbonyl (C=O) groups is 2. The van der Waals surface area contributed by atoms with Crippen LogP contribution in [-0.4, -0.2) is 47.1 Å². The number of hydrogen-bond acceptors (Lipinski definition) is 4. The van der Waals surface area contributed by atoms with Crippen molar-refractivity contribution in [3.63, 3.8) is 0 Å². The first-order valence-corrected chi connectivity index (χ1v) is 7.07. The maximum atomic E-state index is 12.1. The molecule has 0 radical (unpaired) electrons. The van der Waals surface area contributed by atoms with E-state index in [1.54, 1.807) is 4.90 Å².